The lowest BCUT2D eigenvalue weighted by atomic mass is 10.0. The maximum atomic E-state index is 5.94. The molecule has 0 aliphatic carbocycles. The molecule has 0 spiro atoms. The predicted octanol–water partition coefficient (Wildman–Crippen LogP) is 2.78. The van der Waals surface area contributed by atoms with Crippen LogP contribution in [0.5, 0.6) is 0 Å². The van der Waals surface area contributed by atoms with E-state index in [9.17, 15) is 0 Å². The summed E-state index contributed by atoms with van der Waals surface area (Å²) in [5.74, 6) is 0. The molecule has 2 rings (SSSR count). The molecule has 0 aromatic heterocycles. The number of hydrogen-bond acceptors (Lipinski definition) is 2. The summed E-state index contributed by atoms with van der Waals surface area (Å²) in [6.45, 7) is 5.85. The van der Waals surface area contributed by atoms with Gasteiger partial charge in [0, 0.05) is 17.1 Å². The standard InChI is InChI=1S/C12H16ClNO/c1-12(2)8-15-11(7-14-12)9-4-3-5-10(13)6-9/h3-6,11,14H,7-8H2,1-2H3. The third-order valence-corrected chi connectivity index (χ3v) is 2.87. The second-order valence-corrected chi connectivity index (χ2v) is 5.06. The van der Waals surface area contributed by atoms with E-state index in [0.29, 0.717) is 0 Å². The van der Waals surface area contributed by atoms with Crippen molar-refractivity contribution in [1.29, 1.82) is 0 Å². The van der Waals surface area contributed by atoms with E-state index >= 15 is 0 Å². The van der Waals surface area contributed by atoms with Crippen molar-refractivity contribution in [2.75, 3.05) is 13.2 Å². The van der Waals surface area contributed by atoms with Gasteiger partial charge in [-0.1, -0.05) is 23.7 Å². The van der Waals surface area contributed by atoms with Crippen LogP contribution in [0.1, 0.15) is 25.5 Å². The minimum Gasteiger partial charge on any atom is -0.370 e. The van der Waals surface area contributed by atoms with Crippen LogP contribution in [-0.4, -0.2) is 18.7 Å². The second-order valence-electron chi connectivity index (χ2n) is 4.62. The Balaban J connectivity index is 2.08. The molecule has 1 atom stereocenters. The van der Waals surface area contributed by atoms with Crippen molar-refractivity contribution in [3.63, 3.8) is 0 Å². The van der Waals surface area contributed by atoms with Crippen molar-refractivity contribution >= 4 is 11.6 Å². The Morgan fingerprint density at radius 3 is 2.87 bits per heavy atom. The van der Waals surface area contributed by atoms with Gasteiger partial charge >= 0.3 is 0 Å². The van der Waals surface area contributed by atoms with Gasteiger partial charge in [-0.2, -0.15) is 0 Å². The Morgan fingerprint density at radius 2 is 2.27 bits per heavy atom. The fraction of sp³-hybridized carbons (Fsp3) is 0.500. The SMILES string of the molecule is CC1(C)COC(c2cccc(Cl)c2)CN1. The van der Waals surface area contributed by atoms with Gasteiger partial charge in [0.2, 0.25) is 0 Å². The summed E-state index contributed by atoms with van der Waals surface area (Å²) in [4.78, 5) is 0. The number of halogens is 1. The van der Waals surface area contributed by atoms with Crippen molar-refractivity contribution in [1.82, 2.24) is 5.32 Å². The topological polar surface area (TPSA) is 21.3 Å². The van der Waals surface area contributed by atoms with E-state index < -0.39 is 0 Å². The van der Waals surface area contributed by atoms with Gasteiger partial charge in [-0.05, 0) is 31.5 Å². The molecular weight excluding hydrogens is 210 g/mol. The average Bonchev–Trinajstić information content (AvgIpc) is 2.17. The van der Waals surface area contributed by atoms with Gasteiger partial charge in [-0.3, -0.25) is 0 Å². The first-order chi connectivity index (χ1) is 7.07. The van der Waals surface area contributed by atoms with Crippen molar-refractivity contribution < 1.29 is 4.74 Å². The summed E-state index contributed by atoms with van der Waals surface area (Å²) in [5.41, 5.74) is 1.22. The lowest BCUT2D eigenvalue weighted by Gasteiger charge is -2.36. The van der Waals surface area contributed by atoms with Crippen LogP contribution in [0.2, 0.25) is 5.02 Å². The predicted molar refractivity (Wildman–Crippen MR) is 62.2 cm³/mol. The van der Waals surface area contributed by atoms with Gasteiger partial charge in [-0.25, -0.2) is 0 Å². The van der Waals surface area contributed by atoms with Gasteiger partial charge < -0.3 is 10.1 Å². The van der Waals surface area contributed by atoms with Crippen LogP contribution in [0.15, 0.2) is 24.3 Å². The number of morpholine rings is 1. The van der Waals surface area contributed by atoms with Gasteiger partial charge in [0.05, 0.1) is 12.7 Å². The summed E-state index contributed by atoms with van der Waals surface area (Å²) in [6, 6.07) is 7.86. The molecule has 1 fully saturated rings. The summed E-state index contributed by atoms with van der Waals surface area (Å²) < 4.78 is 5.81. The molecule has 15 heavy (non-hydrogen) atoms. The minimum atomic E-state index is 0.0784. The average molecular weight is 226 g/mol. The van der Waals surface area contributed by atoms with Crippen molar-refractivity contribution in [3.05, 3.63) is 34.9 Å². The quantitative estimate of drug-likeness (QED) is 0.794. The highest BCUT2D eigenvalue weighted by atomic mass is 35.5. The van der Waals surface area contributed by atoms with Crippen LogP contribution >= 0.6 is 11.6 Å². The summed E-state index contributed by atoms with van der Waals surface area (Å²) >= 11 is 5.94. The molecule has 1 aliphatic heterocycles. The number of nitrogens with one attached hydrogen (secondary N) is 1. The first-order valence-electron chi connectivity index (χ1n) is 5.19. The third-order valence-electron chi connectivity index (χ3n) is 2.63. The van der Waals surface area contributed by atoms with E-state index in [-0.39, 0.29) is 11.6 Å². The highest BCUT2D eigenvalue weighted by Crippen LogP contribution is 2.25. The maximum Gasteiger partial charge on any atom is 0.0950 e. The van der Waals surface area contributed by atoms with E-state index in [4.69, 9.17) is 16.3 Å². The Hall–Kier alpha value is -0.570. The maximum absolute atomic E-state index is 5.94. The molecule has 1 N–H and O–H groups in total. The Labute approximate surface area is 95.6 Å². The molecule has 1 aromatic carbocycles. The Morgan fingerprint density at radius 1 is 1.47 bits per heavy atom. The molecule has 1 aliphatic rings. The summed E-state index contributed by atoms with van der Waals surface area (Å²) in [6.07, 6.45) is 0.122. The highest BCUT2D eigenvalue weighted by Gasteiger charge is 2.27. The van der Waals surface area contributed by atoms with Crippen molar-refractivity contribution in [2.45, 2.75) is 25.5 Å². The normalized spacial score (nSPS) is 25.1. The zero-order valence-electron chi connectivity index (χ0n) is 9.09. The molecule has 0 amide bonds. The molecule has 1 aromatic rings. The van der Waals surface area contributed by atoms with Crippen molar-refractivity contribution in [2.24, 2.45) is 0 Å². The molecule has 1 unspecified atom stereocenters. The molecule has 0 saturated carbocycles. The second kappa shape index (κ2) is 4.12. The van der Waals surface area contributed by atoms with Crippen LogP contribution in [0.25, 0.3) is 0 Å². The Bertz CT molecular complexity index is 341. The lowest BCUT2D eigenvalue weighted by Crippen LogP contribution is -2.50. The van der Waals surface area contributed by atoms with Gasteiger partial charge in [-0.15, -0.1) is 0 Å². The molecule has 0 radical (unpaired) electrons. The zero-order chi connectivity index (χ0) is 10.9. The smallest absolute Gasteiger partial charge is 0.0950 e. The molecule has 1 saturated heterocycles. The lowest BCUT2D eigenvalue weighted by molar-refractivity contribution is -0.0228. The van der Waals surface area contributed by atoms with E-state index in [2.05, 4.69) is 25.2 Å². The zero-order valence-corrected chi connectivity index (χ0v) is 9.84. The van der Waals surface area contributed by atoms with E-state index in [0.717, 1.165) is 23.7 Å². The third kappa shape index (κ3) is 2.71. The van der Waals surface area contributed by atoms with Crippen LogP contribution in [0.3, 0.4) is 0 Å². The number of hydrogen-bond donors (Lipinski definition) is 1. The molecular formula is C12H16ClNO. The van der Waals surface area contributed by atoms with E-state index in [1.807, 2.05) is 18.2 Å². The van der Waals surface area contributed by atoms with Crippen molar-refractivity contribution in [3.8, 4) is 0 Å². The fourth-order valence-corrected chi connectivity index (χ4v) is 1.91. The first-order valence-corrected chi connectivity index (χ1v) is 5.57. The molecule has 1 heterocycles. The van der Waals surface area contributed by atoms with E-state index in [1.165, 1.54) is 0 Å². The number of ether oxygens (including phenoxy) is 1. The molecule has 2 nitrogen and oxygen atoms in total. The summed E-state index contributed by atoms with van der Waals surface area (Å²) in [7, 11) is 0. The highest BCUT2D eigenvalue weighted by molar-refractivity contribution is 6.30. The number of rotatable bonds is 1. The Kier molecular flexibility index (Phi) is 3.01. The van der Waals surface area contributed by atoms with Crippen LogP contribution < -0.4 is 5.32 Å². The van der Waals surface area contributed by atoms with Crippen LogP contribution in [0, 0.1) is 0 Å². The van der Waals surface area contributed by atoms with Crippen LogP contribution in [-0.2, 0) is 4.74 Å². The molecule has 3 heteroatoms. The van der Waals surface area contributed by atoms with Gasteiger partial charge in [0.25, 0.3) is 0 Å². The summed E-state index contributed by atoms with van der Waals surface area (Å²) in [5, 5.41) is 4.22. The minimum absolute atomic E-state index is 0.0784. The molecule has 0 bridgehead atoms. The van der Waals surface area contributed by atoms with E-state index in [1.54, 1.807) is 0 Å². The largest absolute Gasteiger partial charge is 0.370 e. The number of benzene rings is 1. The first kappa shape index (κ1) is 10.9. The van der Waals surface area contributed by atoms with Crippen LogP contribution in [0.4, 0.5) is 0 Å². The fourth-order valence-electron chi connectivity index (χ4n) is 1.71. The van der Waals surface area contributed by atoms with Gasteiger partial charge in [0.15, 0.2) is 0 Å². The molecule has 82 valence electrons. The monoisotopic (exact) mass is 225 g/mol. The van der Waals surface area contributed by atoms with Gasteiger partial charge in [0.1, 0.15) is 0 Å².